The van der Waals surface area contributed by atoms with Gasteiger partial charge in [-0.15, -0.1) is 0 Å². The molecular weight excluding hydrogens is 344 g/mol. The van der Waals surface area contributed by atoms with Gasteiger partial charge in [0.25, 0.3) is 5.91 Å². The lowest BCUT2D eigenvalue weighted by Gasteiger charge is -2.17. The molecule has 1 heterocycles. The molecule has 0 aliphatic carbocycles. The summed E-state index contributed by atoms with van der Waals surface area (Å²) in [4.78, 5) is 37.3. The van der Waals surface area contributed by atoms with Gasteiger partial charge in [-0.05, 0) is 24.3 Å². The highest BCUT2D eigenvalue weighted by Gasteiger charge is 2.35. The lowest BCUT2D eigenvalue weighted by Crippen LogP contribution is -2.45. The minimum Gasteiger partial charge on any atom is -0.311 e. The predicted molar refractivity (Wildman–Crippen MR) is 88.9 cm³/mol. The first-order valence-corrected chi connectivity index (χ1v) is 7.86. The van der Waals surface area contributed by atoms with Crippen LogP contribution >= 0.6 is 0 Å². The summed E-state index contributed by atoms with van der Waals surface area (Å²) < 4.78 is 26.7. The fourth-order valence-corrected chi connectivity index (χ4v) is 2.71. The molecule has 2 aromatic rings. The van der Waals surface area contributed by atoms with Gasteiger partial charge in [0.2, 0.25) is 11.8 Å². The third kappa shape index (κ3) is 3.85. The molecule has 3 amide bonds. The number of halogens is 2. The third-order valence-electron chi connectivity index (χ3n) is 3.99. The molecule has 0 radical (unpaired) electrons. The van der Waals surface area contributed by atoms with E-state index in [-0.39, 0.29) is 18.7 Å². The minimum atomic E-state index is -0.809. The molecule has 1 aliphatic heterocycles. The maximum atomic E-state index is 13.3. The van der Waals surface area contributed by atoms with E-state index in [0.717, 1.165) is 17.0 Å². The van der Waals surface area contributed by atoms with Gasteiger partial charge in [0.15, 0.2) is 0 Å². The molecule has 8 heteroatoms. The molecule has 1 unspecified atom stereocenters. The first kappa shape index (κ1) is 17.5. The monoisotopic (exact) mass is 359 g/mol. The number of nitrogens with zero attached hydrogens (tertiary/aromatic N) is 1. The summed E-state index contributed by atoms with van der Waals surface area (Å²) in [7, 11) is 0. The molecule has 1 saturated heterocycles. The summed E-state index contributed by atoms with van der Waals surface area (Å²) in [5, 5.41) is 0. The van der Waals surface area contributed by atoms with Crippen LogP contribution in [0.15, 0.2) is 48.5 Å². The van der Waals surface area contributed by atoms with Gasteiger partial charge in [-0.25, -0.2) is 8.78 Å². The SMILES string of the molecule is O=C(NNC(=O)C1CC(=O)N(c2cc(F)cc(F)c2)C1)c1ccccc1. The zero-order valence-corrected chi connectivity index (χ0v) is 13.5. The van der Waals surface area contributed by atoms with Crippen molar-refractivity contribution >= 4 is 23.4 Å². The number of nitrogens with one attached hydrogen (secondary N) is 2. The Morgan fingerprint density at radius 2 is 1.65 bits per heavy atom. The van der Waals surface area contributed by atoms with Crippen LogP contribution in [0.2, 0.25) is 0 Å². The second-order valence-corrected chi connectivity index (χ2v) is 5.84. The first-order valence-electron chi connectivity index (χ1n) is 7.86. The van der Waals surface area contributed by atoms with Gasteiger partial charge in [-0.1, -0.05) is 18.2 Å². The van der Waals surface area contributed by atoms with Crippen LogP contribution in [0.1, 0.15) is 16.8 Å². The van der Waals surface area contributed by atoms with Crippen LogP contribution < -0.4 is 15.8 Å². The van der Waals surface area contributed by atoms with Crippen LogP contribution in [0.4, 0.5) is 14.5 Å². The Balaban J connectivity index is 1.61. The molecule has 1 fully saturated rings. The summed E-state index contributed by atoms with van der Waals surface area (Å²) in [6, 6.07) is 11.0. The highest BCUT2D eigenvalue weighted by Crippen LogP contribution is 2.26. The zero-order chi connectivity index (χ0) is 18.7. The average Bonchev–Trinajstić information content (AvgIpc) is 3.01. The molecule has 134 valence electrons. The largest absolute Gasteiger partial charge is 0.311 e. The van der Waals surface area contributed by atoms with Gasteiger partial charge in [0, 0.05) is 30.3 Å². The number of hydrogen-bond acceptors (Lipinski definition) is 3. The normalized spacial score (nSPS) is 16.5. The lowest BCUT2D eigenvalue weighted by atomic mass is 10.1. The second kappa shape index (κ2) is 7.30. The van der Waals surface area contributed by atoms with E-state index in [1.54, 1.807) is 30.3 Å². The summed E-state index contributed by atoms with van der Waals surface area (Å²) in [5.74, 6) is -3.84. The van der Waals surface area contributed by atoms with Crippen LogP contribution in [0.5, 0.6) is 0 Å². The topological polar surface area (TPSA) is 78.5 Å². The number of hydrazine groups is 1. The van der Waals surface area contributed by atoms with Crippen molar-refractivity contribution in [2.24, 2.45) is 5.92 Å². The van der Waals surface area contributed by atoms with E-state index < -0.39 is 35.3 Å². The number of rotatable bonds is 3. The molecule has 0 saturated carbocycles. The molecule has 0 bridgehead atoms. The summed E-state index contributed by atoms with van der Waals surface area (Å²) in [5.41, 5.74) is 4.97. The van der Waals surface area contributed by atoms with Crippen molar-refractivity contribution in [3.63, 3.8) is 0 Å². The Kier molecular flexibility index (Phi) is 4.92. The van der Waals surface area contributed by atoms with Crippen LogP contribution in [0.25, 0.3) is 0 Å². The maximum Gasteiger partial charge on any atom is 0.269 e. The van der Waals surface area contributed by atoms with Crippen LogP contribution in [0.3, 0.4) is 0 Å². The molecular formula is C18H15F2N3O3. The molecule has 0 spiro atoms. The van der Waals surface area contributed by atoms with Crippen molar-refractivity contribution in [1.82, 2.24) is 10.9 Å². The number of hydrogen-bond donors (Lipinski definition) is 2. The Labute approximate surface area is 147 Å². The van der Waals surface area contributed by atoms with Crippen LogP contribution in [0, 0.1) is 17.6 Å². The van der Waals surface area contributed by atoms with E-state index in [9.17, 15) is 23.2 Å². The Hall–Kier alpha value is -3.29. The summed E-state index contributed by atoms with van der Waals surface area (Å²) in [6.07, 6.45) is -0.120. The quantitative estimate of drug-likeness (QED) is 0.820. The van der Waals surface area contributed by atoms with Gasteiger partial charge in [-0.3, -0.25) is 25.2 Å². The van der Waals surface area contributed by atoms with E-state index in [2.05, 4.69) is 10.9 Å². The van der Waals surface area contributed by atoms with Gasteiger partial charge in [0.05, 0.1) is 5.92 Å². The maximum absolute atomic E-state index is 13.3. The molecule has 0 aromatic heterocycles. The number of carbonyl (C=O) groups excluding carboxylic acids is 3. The Bertz CT molecular complexity index is 838. The number of anilines is 1. The van der Waals surface area contributed by atoms with E-state index in [4.69, 9.17) is 0 Å². The molecule has 2 N–H and O–H groups in total. The molecule has 1 aliphatic rings. The molecule has 3 rings (SSSR count). The summed E-state index contributed by atoms with van der Waals surface area (Å²) in [6.45, 7) is -0.0330. The lowest BCUT2D eigenvalue weighted by molar-refractivity contribution is -0.126. The van der Waals surface area contributed by atoms with Crippen molar-refractivity contribution < 1.29 is 23.2 Å². The zero-order valence-electron chi connectivity index (χ0n) is 13.5. The highest BCUT2D eigenvalue weighted by molar-refractivity contribution is 6.01. The van der Waals surface area contributed by atoms with Crippen molar-refractivity contribution in [3.05, 3.63) is 65.7 Å². The summed E-state index contributed by atoms with van der Waals surface area (Å²) >= 11 is 0. The molecule has 2 aromatic carbocycles. The number of benzene rings is 2. The van der Waals surface area contributed by atoms with E-state index in [1.807, 2.05) is 0 Å². The van der Waals surface area contributed by atoms with Gasteiger partial charge in [0.1, 0.15) is 11.6 Å². The van der Waals surface area contributed by atoms with E-state index >= 15 is 0 Å². The Morgan fingerprint density at radius 3 is 2.31 bits per heavy atom. The van der Waals surface area contributed by atoms with Gasteiger partial charge in [-0.2, -0.15) is 0 Å². The third-order valence-corrected chi connectivity index (χ3v) is 3.99. The predicted octanol–water partition coefficient (Wildman–Crippen LogP) is 1.78. The molecule has 6 nitrogen and oxygen atoms in total. The average molecular weight is 359 g/mol. The molecule has 26 heavy (non-hydrogen) atoms. The standard InChI is InChI=1S/C18H15F2N3O3/c19-13-7-14(20)9-15(8-13)23-10-12(6-16(23)24)18(26)22-21-17(25)11-4-2-1-3-5-11/h1-5,7-9,12H,6,10H2,(H,21,25)(H,22,26). The Morgan fingerprint density at radius 1 is 1.00 bits per heavy atom. The fraction of sp³-hybridized carbons (Fsp3) is 0.167. The van der Waals surface area contributed by atoms with Gasteiger partial charge >= 0.3 is 0 Å². The highest BCUT2D eigenvalue weighted by atomic mass is 19.1. The van der Waals surface area contributed by atoms with Crippen LogP contribution in [-0.4, -0.2) is 24.3 Å². The molecule has 1 atom stereocenters. The van der Waals surface area contributed by atoms with Crippen molar-refractivity contribution in [2.45, 2.75) is 6.42 Å². The van der Waals surface area contributed by atoms with Crippen LogP contribution in [-0.2, 0) is 9.59 Å². The second-order valence-electron chi connectivity index (χ2n) is 5.84. The van der Waals surface area contributed by atoms with E-state index in [0.29, 0.717) is 11.6 Å². The van der Waals surface area contributed by atoms with Crippen molar-refractivity contribution in [3.8, 4) is 0 Å². The fourth-order valence-electron chi connectivity index (χ4n) is 2.71. The number of carbonyl (C=O) groups is 3. The van der Waals surface area contributed by atoms with Crippen molar-refractivity contribution in [1.29, 1.82) is 0 Å². The van der Waals surface area contributed by atoms with Crippen molar-refractivity contribution in [2.75, 3.05) is 11.4 Å². The van der Waals surface area contributed by atoms with Gasteiger partial charge < -0.3 is 4.90 Å². The van der Waals surface area contributed by atoms with E-state index in [1.165, 1.54) is 0 Å². The smallest absolute Gasteiger partial charge is 0.269 e. The number of amides is 3. The first-order chi connectivity index (χ1) is 12.4. The minimum absolute atomic E-state index is 0.0330.